The normalized spacial score (nSPS) is 11.9. The molecule has 0 N–H and O–H groups in total. The highest BCUT2D eigenvalue weighted by Crippen LogP contribution is 2.16. The van der Waals surface area contributed by atoms with Gasteiger partial charge in [0, 0.05) is 19.3 Å². The molecule has 0 rings (SSSR count). The van der Waals surface area contributed by atoms with Crippen molar-refractivity contribution in [2.75, 3.05) is 13.2 Å². The molecular weight excluding hydrogens is 685 g/mol. The number of esters is 3. The number of rotatable bonds is 44. The fourth-order valence-electron chi connectivity index (χ4n) is 7.33. The lowest BCUT2D eigenvalue weighted by Gasteiger charge is -2.18. The van der Waals surface area contributed by atoms with Gasteiger partial charge in [-0.15, -0.1) is 0 Å². The molecule has 0 aromatic heterocycles. The summed E-state index contributed by atoms with van der Waals surface area (Å²) in [6.07, 6.45) is 43.8. The van der Waals surface area contributed by atoms with Crippen LogP contribution in [0, 0.1) is 5.92 Å². The third-order valence-corrected chi connectivity index (χ3v) is 11.0. The molecule has 55 heavy (non-hydrogen) atoms. The Labute approximate surface area is 342 Å². The highest BCUT2D eigenvalue weighted by molar-refractivity contribution is 5.71. The Bertz CT molecular complexity index is 826. The molecule has 0 aliphatic heterocycles. The van der Waals surface area contributed by atoms with Crippen molar-refractivity contribution in [3.63, 3.8) is 0 Å². The van der Waals surface area contributed by atoms with Crippen molar-refractivity contribution in [2.24, 2.45) is 5.92 Å². The molecule has 0 radical (unpaired) electrons. The first-order chi connectivity index (χ1) is 26.9. The minimum atomic E-state index is -0.760. The van der Waals surface area contributed by atoms with Gasteiger partial charge in [0.05, 0.1) is 0 Å². The van der Waals surface area contributed by atoms with Gasteiger partial charge in [-0.2, -0.15) is 0 Å². The Morgan fingerprint density at radius 2 is 0.600 bits per heavy atom. The van der Waals surface area contributed by atoms with Gasteiger partial charge < -0.3 is 14.2 Å². The van der Waals surface area contributed by atoms with Gasteiger partial charge in [0.1, 0.15) is 13.2 Å². The fourth-order valence-corrected chi connectivity index (χ4v) is 7.33. The summed E-state index contributed by atoms with van der Waals surface area (Å²) in [5.74, 6) is -0.0699. The molecule has 326 valence electrons. The maximum atomic E-state index is 12.7. The average molecular weight is 779 g/mol. The van der Waals surface area contributed by atoms with Gasteiger partial charge >= 0.3 is 17.9 Å². The van der Waals surface area contributed by atoms with Crippen LogP contribution < -0.4 is 0 Å². The first-order valence-electron chi connectivity index (χ1n) is 24.4. The lowest BCUT2D eigenvalue weighted by atomic mass is 10.0. The van der Waals surface area contributed by atoms with Gasteiger partial charge in [0.2, 0.25) is 0 Å². The van der Waals surface area contributed by atoms with Gasteiger partial charge in [0.15, 0.2) is 6.10 Å². The molecule has 0 amide bonds. The number of hydrogen-bond acceptors (Lipinski definition) is 6. The second-order valence-corrected chi connectivity index (χ2v) is 17.2. The number of ether oxygens (including phenoxy) is 3. The standard InChI is InChI=1S/C49H94O6/c1-5-7-9-11-13-15-17-19-20-21-23-25-29-34-38-42-49(52)55-46(44-54-48(51)41-37-33-30-26-27-31-35-39-45(3)4)43-53-47(50)40-36-32-28-24-22-18-16-14-12-10-8-6-2/h45-46H,5-44H2,1-4H3/t46-/m1/s1. The van der Waals surface area contributed by atoms with Crippen LogP contribution in [0.25, 0.3) is 0 Å². The highest BCUT2D eigenvalue weighted by atomic mass is 16.6. The predicted octanol–water partition coefficient (Wildman–Crippen LogP) is 15.5. The molecule has 6 heteroatoms. The third kappa shape index (κ3) is 43.4. The molecule has 0 aromatic carbocycles. The molecule has 0 bridgehead atoms. The third-order valence-electron chi connectivity index (χ3n) is 11.0. The van der Waals surface area contributed by atoms with E-state index in [9.17, 15) is 14.4 Å². The van der Waals surface area contributed by atoms with Gasteiger partial charge in [-0.05, 0) is 25.2 Å². The van der Waals surface area contributed by atoms with E-state index in [1.807, 2.05) is 0 Å². The van der Waals surface area contributed by atoms with Crippen LogP contribution in [0.3, 0.4) is 0 Å². The van der Waals surface area contributed by atoms with E-state index < -0.39 is 6.10 Å². The van der Waals surface area contributed by atoms with Crippen LogP contribution in [0.2, 0.25) is 0 Å². The summed E-state index contributed by atoms with van der Waals surface area (Å²) < 4.78 is 16.7. The van der Waals surface area contributed by atoms with Crippen LogP contribution in [0.5, 0.6) is 0 Å². The monoisotopic (exact) mass is 779 g/mol. The number of carbonyl (C=O) groups excluding carboxylic acids is 3. The summed E-state index contributed by atoms with van der Waals surface area (Å²) in [6.45, 7) is 8.96. The minimum absolute atomic E-state index is 0.0637. The van der Waals surface area contributed by atoms with E-state index in [2.05, 4.69) is 27.7 Å². The second-order valence-electron chi connectivity index (χ2n) is 17.2. The Hall–Kier alpha value is -1.59. The molecule has 0 saturated heterocycles. The quantitative estimate of drug-likeness (QED) is 0.0348. The summed E-state index contributed by atoms with van der Waals surface area (Å²) in [4.78, 5) is 37.8. The molecular formula is C49H94O6. The summed E-state index contributed by atoms with van der Waals surface area (Å²) in [5.41, 5.74) is 0. The van der Waals surface area contributed by atoms with E-state index in [0.29, 0.717) is 19.3 Å². The van der Waals surface area contributed by atoms with E-state index in [0.717, 1.165) is 63.7 Å². The van der Waals surface area contributed by atoms with Crippen molar-refractivity contribution >= 4 is 17.9 Å². The molecule has 0 saturated carbocycles. The number of hydrogen-bond donors (Lipinski definition) is 0. The number of unbranched alkanes of at least 4 members (excludes halogenated alkanes) is 31. The largest absolute Gasteiger partial charge is 0.462 e. The van der Waals surface area contributed by atoms with Crippen molar-refractivity contribution in [1.29, 1.82) is 0 Å². The van der Waals surface area contributed by atoms with Crippen molar-refractivity contribution in [3.05, 3.63) is 0 Å². The zero-order valence-corrected chi connectivity index (χ0v) is 37.4. The van der Waals surface area contributed by atoms with Crippen LogP contribution in [0.1, 0.15) is 272 Å². The summed E-state index contributed by atoms with van der Waals surface area (Å²) in [6, 6.07) is 0. The summed E-state index contributed by atoms with van der Waals surface area (Å²) in [7, 11) is 0. The SMILES string of the molecule is CCCCCCCCCCCCCCCCCC(=O)O[C@H](COC(=O)CCCCCCCCCCCCCC)COC(=O)CCCCCCCCCC(C)C. The lowest BCUT2D eigenvalue weighted by molar-refractivity contribution is -0.167. The Morgan fingerprint density at radius 3 is 0.891 bits per heavy atom. The molecule has 0 unspecified atom stereocenters. The molecule has 0 spiro atoms. The molecule has 1 atom stereocenters. The first kappa shape index (κ1) is 53.4. The second kappa shape index (κ2) is 43.5. The molecule has 6 nitrogen and oxygen atoms in total. The number of carbonyl (C=O) groups is 3. The first-order valence-corrected chi connectivity index (χ1v) is 24.4. The van der Waals surface area contributed by atoms with Crippen LogP contribution in [0.15, 0.2) is 0 Å². The van der Waals surface area contributed by atoms with Crippen LogP contribution in [-0.2, 0) is 28.6 Å². The van der Waals surface area contributed by atoms with E-state index >= 15 is 0 Å². The van der Waals surface area contributed by atoms with E-state index in [1.165, 1.54) is 167 Å². The van der Waals surface area contributed by atoms with Crippen molar-refractivity contribution < 1.29 is 28.6 Å². The van der Waals surface area contributed by atoms with Gasteiger partial charge in [-0.1, -0.05) is 233 Å². The molecule has 0 heterocycles. The van der Waals surface area contributed by atoms with Crippen LogP contribution in [-0.4, -0.2) is 37.2 Å². The van der Waals surface area contributed by atoms with E-state index in [-0.39, 0.29) is 31.1 Å². The van der Waals surface area contributed by atoms with Crippen LogP contribution in [0.4, 0.5) is 0 Å². The smallest absolute Gasteiger partial charge is 0.306 e. The van der Waals surface area contributed by atoms with Crippen molar-refractivity contribution in [2.45, 2.75) is 278 Å². The molecule has 0 aliphatic rings. The Balaban J connectivity index is 4.31. The predicted molar refractivity (Wildman–Crippen MR) is 233 cm³/mol. The lowest BCUT2D eigenvalue weighted by Crippen LogP contribution is -2.30. The maximum absolute atomic E-state index is 12.7. The van der Waals surface area contributed by atoms with Crippen molar-refractivity contribution in [3.8, 4) is 0 Å². The van der Waals surface area contributed by atoms with Crippen molar-refractivity contribution in [1.82, 2.24) is 0 Å². The summed E-state index contributed by atoms with van der Waals surface area (Å²) in [5, 5.41) is 0. The molecule has 0 aromatic rings. The fraction of sp³-hybridized carbons (Fsp3) is 0.939. The summed E-state index contributed by atoms with van der Waals surface area (Å²) >= 11 is 0. The van der Waals surface area contributed by atoms with Gasteiger partial charge in [0.25, 0.3) is 0 Å². The topological polar surface area (TPSA) is 78.9 Å². The molecule has 0 fully saturated rings. The van der Waals surface area contributed by atoms with Gasteiger partial charge in [-0.3, -0.25) is 14.4 Å². The Morgan fingerprint density at radius 1 is 0.345 bits per heavy atom. The minimum Gasteiger partial charge on any atom is -0.462 e. The van der Waals surface area contributed by atoms with E-state index in [4.69, 9.17) is 14.2 Å². The zero-order chi connectivity index (χ0) is 40.3. The average Bonchev–Trinajstić information content (AvgIpc) is 3.17. The zero-order valence-electron chi connectivity index (χ0n) is 37.4. The van der Waals surface area contributed by atoms with Gasteiger partial charge in [-0.25, -0.2) is 0 Å². The highest BCUT2D eigenvalue weighted by Gasteiger charge is 2.19. The van der Waals surface area contributed by atoms with E-state index in [1.54, 1.807) is 0 Å². The Kier molecular flexibility index (Phi) is 42.3. The maximum Gasteiger partial charge on any atom is 0.306 e. The molecule has 0 aliphatic carbocycles. The van der Waals surface area contributed by atoms with Crippen LogP contribution >= 0.6 is 0 Å².